The third-order valence-electron chi connectivity index (χ3n) is 4.78. The second-order valence-corrected chi connectivity index (χ2v) is 8.67. The first-order valence-electron chi connectivity index (χ1n) is 9.62. The third-order valence-corrected chi connectivity index (χ3v) is 6.06. The Morgan fingerprint density at radius 1 is 1.03 bits per heavy atom. The highest BCUT2D eigenvalue weighted by Crippen LogP contribution is 2.26. The fourth-order valence-electron chi connectivity index (χ4n) is 3.08. The van der Waals surface area contributed by atoms with Crippen molar-refractivity contribution >= 4 is 61.9 Å². The molecule has 3 nitrogen and oxygen atoms in total. The van der Waals surface area contributed by atoms with Crippen molar-refractivity contribution in [3.8, 4) is 0 Å². The smallest absolute Gasteiger partial charge is 0.246 e. The molecule has 0 aliphatic carbocycles. The van der Waals surface area contributed by atoms with E-state index in [1.165, 1.54) is 0 Å². The molecule has 0 saturated carbocycles. The molecule has 1 unspecified atom stereocenters. The Balaban J connectivity index is 1.73. The molecular formula is C24H22BrClN2OS. The van der Waals surface area contributed by atoms with Crippen LogP contribution in [0.25, 0.3) is 0 Å². The number of rotatable bonds is 7. The summed E-state index contributed by atoms with van der Waals surface area (Å²) in [5, 5.41) is 6.76. The predicted octanol–water partition coefficient (Wildman–Crippen LogP) is 7.01. The number of hydrogen-bond donors (Lipinski definition) is 2. The molecule has 0 aliphatic heterocycles. The van der Waals surface area contributed by atoms with Crippen molar-refractivity contribution in [2.24, 2.45) is 0 Å². The second kappa shape index (κ2) is 10.2. The zero-order chi connectivity index (χ0) is 21.7. The number of halogens is 2. The lowest BCUT2D eigenvalue weighted by Crippen LogP contribution is -2.34. The summed E-state index contributed by atoms with van der Waals surface area (Å²) >= 11 is 15.6. The van der Waals surface area contributed by atoms with E-state index in [-0.39, 0.29) is 11.9 Å². The Morgan fingerprint density at radius 3 is 2.33 bits per heavy atom. The minimum Gasteiger partial charge on any atom is -0.374 e. The van der Waals surface area contributed by atoms with Crippen LogP contribution in [0.4, 0.5) is 11.4 Å². The van der Waals surface area contributed by atoms with Gasteiger partial charge >= 0.3 is 0 Å². The van der Waals surface area contributed by atoms with E-state index in [2.05, 4.69) is 26.6 Å². The molecule has 0 saturated heterocycles. The van der Waals surface area contributed by atoms with E-state index in [1.807, 2.05) is 80.6 Å². The first-order chi connectivity index (χ1) is 14.4. The normalized spacial score (nSPS) is 11.6. The van der Waals surface area contributed by atoms with Gasteiger partial charge in [-0.3, -0.25) is 4.79 Å². The van der Waals surface area contributed by atoms with E-state index < -0.39 is 0 Å². The summed E-state index contributed by atoms with van der Waals surface area (Å²) in [5.41, 5.74) is 4.43. The first kappa shape index (κ1) is 22.5. The summed E-state index contributed by atoms with van der Waals surface area (Å²) < 4.78 is 0.962. The molecule has 1 amide bonds. The SMILES string of the molecule is CCC(Nc1ccc(C(=S)c2ccccc2C)c(Cl)c1)C(=O)Nc1ccc(Br)cc1. The lowest BCUT2D eigenvalue weighted by atomic mass is 10.00. The van der Waals surface area contributed by atoms with E-state index >= 15 is 0 Å². The summed E-state index contributed by atoms with van der Waals surface area (Å²) in [6, 6.07) is 20.7. The van der Waals surface area contributed by atoms with Gasteiger partial charge in [0.2, 0.25) is 5.91 Å². The van der Waals surface area contributed by atoms with Gasteiger partial charge in [0.15, 0.2) is 0 Å². The molecule has 3 aromatic carbocycles. The van der Waals surface area contributed by atoms with Crippen molar-refractivity contribution in [1.29, 1.82) is 0 Å². The zero-order valence-electron chi connectivity index (χ0n) is 16.7. The van der Waals surface area contributed by atoms with Crippen LogP contribution in [0, 0.1) is 6.92 Å². The van der Waals surface area contributed by atoms with Crippen molar-refractivity contribution in [1.82, 2.24) is 0 Å². The average Bonchev–Trinajstić information content (AvgIpc) is 2.73. The highest BCUT2D eigenvalue weighted by atomic mass is 79.9. The van der Waals surface area contributed by atoms with E-state index in [0.717, 1.165) is 32.5 Å². The minimum absolute atomic E-state index is 0.101. The number of thiocarbonyl (C=S) groups is 1. The van der Waals surface area contributed by atoms with Gasteiger partial charge in [-0.15, -0.1) is 0 Å². The molecule has 0 spiro atoms. The van der Waals surface area contributed by atoms with E-state index in [1.54, 1.807) is 0 Å². The Kier molecular flexibility index (Phi) is 7.64. The predicted molar refractivity (Wildman–Crippen MR) is 134 cm³/mol. The molecular weight excluding hydrogens is 480 g/mol. The molecule has 0 bridgehead atoms. The van der Waals surface area contributed by atoms with Gasteiger partial charge in [0.05, 0.1) is 9.89 Å². The van der Waals surface area contributed by atoms with Crippen LogP contribution in [0.5, 0.6) is 0 Å². The van der Waals surface area contributed by atoms with Crippen LogP contribution in [-0.4, -0.2) is 16.8 Å². The number of hydrogen-bond acceptors (Lipinski definition) is 3. The van der Waals surface area contributed by atoms with Gasteiger partial charge in [-0.2, -0.15) is 0 Å². The molecule has 6 heteroatoms. The lowest BCUT2D eigenvalue weighted by Gasteiger charge is -2.19. The molecule has 2 N–H and O–H groups in total. The molecule has 0 aliphatic rings. The quantitative estimate of drug-likeness (QED) is 0.270. The van der Waals surface area contributed by atoms with Gasteiger partial charge in [-0.1, -0.05) is 70.9 Å². The Labute approximate surface area is 196 Å². The van der Waals surface area contributed by atoms with Crippen molar-refractivity contribution < 1.29 is 4.79 Å². The fourth-order valence-corrected chi connectivity index (χ4v) is 4.08. The number of aryl methyl sites for hydroxylation is 1. The number of benzene rings is 3. The maximum Gasteiger partial charge on any atom is 0.246 e. The summed E-state index contributed by atoms with van der Waals surface area (Å²) in [7, 11) is 0. The van der Waals surface area contributed by atoms with Crippen LogP contribution in [-0.2, 0) is 4.79 Å². The van der Waals surface area contributed by atoms with Gasteiger partial charge in [-0.25, -0.2) is 0 Å². The molecule has 0 radical (unpaired) electrons. The van der Waals surface area contributed by atoms with Crippen LogP contribution >= 0.6 is 39.7 Å². The number of amides is 1. The lowest BCUT2D eigenvalue weighted by molar-refractivity contribution is -0.116. The second-order valence-electron chi connectivity index (χ2n) is 6.94. The topological polar surface area (TPSA) is 41.1 Å². The summed E-state index contributed by atoms with van der Waals surface area (Å²) in [6.07, 6.45) is 0.628. The third kappa shape index (κ3) is 5.48. The highest BCUT2D eigenvalue weighted by Gasteiger charge is 2.18. The minimum atomic E-state index is -0.390. The van der Waals surface area contributed by atoms with Gasteiger partial charge < -0.3 is 10.6 Å². The van der Waals surface area contributed by atoms with Gasteiger partial charge in [-0.05, 0) is 66.9 Å². The van der Waals surface area contributed by atoms with E-state index in [4.69, 9.17) is 23.8 Å². The van der Waals surface area contributed by atoms with Crippen molar-refractivity contribution in [3.63, 3.8) is 0 Å². The van der Waals surface area contributed by atoms with Crippen molar-refractivity contribution in [2.45, 2.75) is 26.3 Å². The van der Waals surface area contributed by atoms with Crippen molar-refractivity contribution in [3.05, 3.63) is 92.9 Å². The number of anilines is 2. The Morgan fingerprint density at radius 2 is 1.70 bits per heavy atom. The maximum atomic E-state index is 12.7. The largest absolute Gasteiger partial charge is 0.374 e. The van der Waals surface area contributed by atoms with Gasteiger partial charge in [0, 0.05) is 21.4 Å². The van der Waals surface area contributed by atoms with Crippen molar-refractivity contribution in [2.75, 3.05) is 10.6 Å². The van der Waals surface area contributed by atoms with Gasteiger partial charge in [0.25, 0.3) is 0 Å². The fraction of sp³-hybridized carbons (Fsp3) is 0.167. The molecule has 0 fully saturated rings. The zero-order valence-corrected chi connectivity index (χ0v) is 19.9. The van der Waals surface area contributed by atoms with Crippen LogP contribution in [0.2, 0.25) is 5.02 Å². The molecule has 0 heterocycles. The first-order valence-corrected chi connectivity index (χ1v) is 11.2. The molecule has 3 aromatic rings. The highest BCUT2D eigenvalue weighted by molar-refractivity contribution is 9.10. The van der Waals surface area contributed by atoms with Crippen LogP contribution in [0.1, 0.15) is 30.0 Å². The Hall–Kier alpha value is -2.21. The standard InChI is InChI=1S/C24H22BrClN2OS/c1-3-22(24(29)28-17-10-8-16(25)9-11-17)27-18-12-13-20(21(26)14-18)23(30)19-7-5-4-6-15(19)2/h4-14,22,27H,3H2,1-2H3,(H,28,29). The molecule has 0 aromatic heterocycles. The average molecular weight is 502 g/mol. The summed E-state index contributed by atoms with van der Waals surface area (Å²) in [5.74, 6) is -0.101. The molecule has 154 valence electrons. The van der Waals surface area contributed by atoms with E-state index in [9.17, 15) is 4.79 Å². The van der Waals surface area contributed by atoms with Crippen LogP contribution < -0.4 is 10.6 Å². The molecule has 3 rings (SSSR count). The number of nitrogens with one attached hydrogen (secondary N) is 2. The van der Waals surface area contributed by atoms with Crippen LogP contribution in [0.15, 0.2) is 71.2 Å². The molecule has 30 heavy (non-hydrogen) atoms. The Bertz CT molecular complexity index is 1070. The monoisotopic (exact) mass is 500 g/mol. The number of carbonyl (C=O) groups excluding carboxylic acids is 1. The number of carbonyl (C=O) groups is 1. The molecule has 1 atom stereocenters. The van der Waals surface area contributed by atoms with E-state index in [0.29, 0.717) is 16.3 Å². The summed E-state index contributed by atoms with van der Waals surface area (Å²) in [6.45, 7) is 3.99. The summed E-state index contributed by atoms with van der Waals surface area (Å²) in [4.78, 5) is 13.4. The maximum absolute atomic E-state index is 12.7. The van der Waals surface area contributed by atoms with Gasteiger partial charge in [0.1, 0.15) is 6.04 Å². The van der Waals surface area contributed by atoms with Crippen LogP contribution in [0.3, 0.4) is 0 Å².